The molecule has 0 aliphatic rings. The molecule has 2 aromatic rings. The molecule has 134 valence electrons. The third kappa shape index (κ3) is 4.96. The van der Waals surface area contributed by atoms with Crippen molar-refractivity contribution >= 4 is 23.2 Å². The second-order valence-corrected chi connectivity index (χ2v) is 5.21. The standard InChI is InChI=1S/C17H16ClF2NO4/c1-3-24-15-8-10(4-6-14(15)25-17(19)20)16(22)21-12-9-11(18)5-7-13(12)23-2/h4-9,17H,3H2,1-2H3,(H,21,22). The van der Waals surface area contributed by atoms with Gasteiger partial charge >= 0.3 is 6.61 Å². The van der Waals surface area contributed by atoms with Gasteiger partial charge in [-0.15, -0.1) is 0 Å². The number of hydrogen-bond donors (Lipinski definition) is 1. The minimum absolute atomic E-state index is 0.0495. The highest BCUT2D eigenvalue weighted by atomic mass is 35.5. The zero-order valence-electron chi connectivity index (χ0n) is 13.5. The minimum Gasteiger partial charge on any atom is -0.495 e. The smallest absolute Gasteiger partial charge is 0.387 e. The predicted octanol–water partition coefficient (Wildman–Crippen LogP) is 4.60. The summed E-state index contributed by atoms with van der Waals surface area (Å²) >= 11 is 5.92. The number of anilines is 1. The molecule has 0 aliphatic carbocycles. The first-order valence-corrected chi connectivity index (χ1v) is 7.69. The van der Waals surface area contributed by atoms with Gasteiger partial charge in [0, 0.05) is 10.6 Å². The van der Waals surface area contributed by atoms with E-state index in [1.165, 1.54) is 31.4 Å². The van der Waals surface area contributed by atoms with Gasteiger partial charge in [-0.05, 0) is 43.3 Å². The molecule has 2 aromatic carbocycles. The Labute approximate surface area is 148 Å². The summed E-state index contributed by atoms with van der Waals surface area (Å²) in [5, 5.41) is 3.08. The van der Waals surface area contributed by atoms with Gasteiger partial charge in [0.1, 0.15) is 5.75 Å². The Kier molecular flexibility index (Phi) is 6.41. The van der Waals surface area contributed by atoms with E-state index < -0.39 is 12.5 Å². The lowest BCUT2D eigenvalue weighted by atomic mass is 10.1. The van der Waals surface area contributed by atoms with E-state index in [-0.39, 0.29) is 23.7 Å². The number of nitrogens with one attached hydrogen (secondary N) is 1. The Morgan fingerprint density at radius 3 is 2.52 bits per heavy atom. The van der Waals surface area contributed by atoms with Gasteiger partial charge in [-0.25, -0.2) is 0 Å². The number of halogens is 3. The Balaban J connectivity index is 2.27. The van der Waals surface area contributed by atoms with Crippen LogP contribution >= 0.6 is 11.6 Å². The van der Waals surface area contributed by atoms with Crippen molar-refractivity contribution in [2.24, 2.45) is 0 Å². The number of benzene rings is 2. The first kappa shape index (κ1) is 18.8. The zero-order chi connectivity index (χ0) is 18.4. The summed E-state index contributed by atoms with van der Waals surface area (Å²) < 4.78 is 39.6. The van der Waals surface area contributed by atoms with Crippen molar-refractivity contribution in [2.45, 2.75) is 13.5 Å². The summed E-state index contributed by atoms with van der Waals surface area (Å²) in [5.74, 6) is -0.146. The number of ether oxygens (including phenoxy) is 3. The van der Waals surface area contributed by atoms with Gasteiger partial charge in [0.2, 0.25) is 0 Å². The molecule has 1 N–H and O–H groups in total. The fourth-order valence-electron chi connectivity index (χ4n) is 2.08. The summed E-state index contributed by atoms with van der Waals surface area (Å²) in [6.45, 7) is -1.07. The van der Waals surface area contributed by atoms with Crippen LogP contribution in [0.4, 0.5) is 14.5 Å². The number of alkyl halides is 2. The highest BCUT2D eigenvalue weighted by Gasteiger charge is 2.16. The van der Waals surface area contributed by atoms with Crippen LogP contribution in [0.25, 0.3) is 0 Å². The highest BCUT2D eigenvalue weighted by molar-refractivity contribution is 6.31. The van der Waals surface area contributed by atoms with Gasteiger partial charge in [-0.3, -0.25) is 4.79 Å². The molecule has 25 heavy (non-hydrogen) atoms. The molecule has 5 nitrogen and oxygen atoms in total. The molecular formula is C17H16ClF2NO4. The van der Waals surface area contributed by atoms with Gasteiger partial charge in [0.15, 0.2) is 11.5 Å². The molecule has 0 radical (unpaired) electrons. The van der Waals surface area contributed by atoms with E-state index in [2.05, 4.69) is 10.1 Å². The average Bonchev–Trinajstić information content (AvgIpc) is 2.56. The number of hydrogen-bond acceptors (Lipinski definition) is 4. The molecule has 0 atom stereocenters. The summed E-state index contributed by atoms with van der Waals surface area (Å²) in [6.07, 6.45) is 0. The molecule has 2 rings (SSSR count). The Bertz CT molecular complexity index is 755. The van der Waals surface area contributed by atoms with E-state index in [0.717, 1.165) is 0 Å². The second-order valence-electron chi connectivity index (χ2n) is 4.77. The molecule has 0 saturated heterocycles. The maximum Gasteiger partial charge on any atom is 0.387 e. The van der Waals surface area contributed by atoms with Crippen LogP contribution in [0.15, 0.2) is 36.4 Å². The number of carbonyl (C=O) groups excluding carboxylic acids is 1. The predicted molar refractivity (Wildman–Crippen MR) is 90.2 cm³/mol. The quantitative estimate of drug-likeness (QED) is 0.772. The van der Waals surface area contributed by atoms with Gasteiger partial charge in [-0.2, -0.15) is 8.78 Å². The Morgan fingerprint density at radius 1 is 1.16 bits per heavy atom. The van der Waals surface area contributed by atoms with Crippen LogP contribution in [0, 0.1) is 0 Å². The highest BCUT2D eigenvalue weighted by Crippen LogP contribution is 2.31. The normalized spacial score (nSPS) is 10.5. The molecule has 0 aliphatic heterocycles. The van der Waals surface area contributed by atoms with Crippen molar-refractivity contribution in [3.8, 4) is 17.2 Å². The van der Waals surface area contributed by atoms with Crippen LogP contribution < -0.4 is 19.5 Å². The summed E-state index contributed by atoms with van der Waals surface area (Å²) in [4.78, 5) is 12.4. The molecule has 0 saturated carbocycles. The van der Waals surface area contributed by atoms with E-state index in [0.29, 0.717) is 16.5 Å². The van der Waals surface area contributed by atoms with Crippen LogP contribution in [0.5, 0.6) is 17.2 Å². The summed E-state index contributed by atoms with van der Waals surface area (Å²) in [6, 6.07) is 8.71. The maximum absolute atomic E-state index is 12.4. The van der Waals surface area contributed by atoms with Crippen molar-refractivity contribution in [1.29, 1.82) is 0 Å². The lowest BCUT2D eigenvalue weighted by molar-refractivity contribution is -0.0514. The SMILES string of the molecule is CCOc1cc(C(=O)Nc2cc(Cl)ccc2OC)ccc1OC(F)F. The average molecular weight is 372 g/mol. The third-order valence-electron chi connectivity index (χ3n) is 3.13. The van der Waals surface area contributed by atoms with E-state index in [1.54, 1.807) is 19.1 Å². The summed E-state index contributed by atoms with van der Waals surface area (Å²) in [7, 11) is 1.46. The number of rotatable bonds is 7. The first-order chi connectivity index (χ1) is 11.9. The van der Waals surface area contributed by atoms with Gasteiger partial charge < -0.3 is 19.5 Å². The molecular weight excluding hydrogens is 356 g/mol. The molecule has 0 unspecified atom stereocenters. The molecule has 8 heteroatoms. The largest absolute Gasteiger partial charge is 0.495 e. The van der Waals surface area contributed by atoms with Crippen molar-refractivity contribution in [3.63, 3.8) is 0 Å². The van der Waals surface area contributed by atoms with Gasteiger partial charge in [0.25, 0.3) is 5.91 Å². The van der Waals surface area contributed by atoms with E-state index in [1.807, 2.05) is 0 Å². The van der Waals surface area contributed by atoms with E-state index >= 15 is 0 Å². The number of amides is 1. The van der Waals surface area contributed by atoms with Crippen LogP contribution in [0.3, 0.4) is 0 Å². The first-order valence-electron chi connectivity index (χ1n) is 7.31. The van der Waals surface area contributed by atoms with Crippen LogP contribution in [-0.2, 0) is 0 Å². The van der Waals surface area contributed by atoms with E-state index in [4.69, 9.17) is 21.1 Å². The van der Waals surface area contributed by atoms with Gasteiger partial charge in [0.05, 0.1) is 19.4 Å². The molecule has 0 spiro atoms. The van der Waals surface area contributed by atoms with Crippen molar-refractivity contribution in [1.82, 2.24) is 0 Å². The topological polar surface area (TPSA) is 56.8 Å². The van der Waals surface area contributed by atoms with Crippen molar-refractivity contribution in [2.75, 3.05) is 19.0 Å². The van der Waals surface area contributed by atoms with E-state index in [9.17, 15) is 13.6 Å². The lowest BCUT2D eigenvalue weighted by Crippen LogP contribution is -2.13. The molecule has 0 bridgehead atoms. The minimum atomic E-state index is -2.99. The van der Waals surface area contributed by atoms with Crippen LogP contribution in [0.2, 0.25) is 5.02 Å². The molecule has 0 fully saturated rings. The fourth-order valence-corrected chi connectivity index (χ4v) is 2.26. The van der Waals surface area contributed by atoms with Crippen LogP contribution in [-0.4, -0.2) is 26.2 Å². The molecule has 0 heterocycles. The second kappa shape index (κ2) is 8.53. The van der Waals surface area contributed by atoms with Crippen molar-refractivity contribution in [3.05, 3.63) is 47.0 Å². The van der Waals surface area contributed by atoms with Crippen LogP contribution in [0.1, 0.15) is 17.3 Å². The van der Waals surface area contributed by atoms with Gasteiger partial charge in [-0.1, -0.05) is 11.6 Å². The monoisotopic (exact) mass is 371 g/mol. The fraction of sp³-hybridized carbons (Fsp3) is 0.235. The van der Waals surface area contributed by atoms with Crippen molar-refractivity contribution < 1.29 is 27.8 Å². The number of methoxy groups -OCH3 is 1. The molecule has 1 amide bonds. The number of carbonyl (C=O) groups is 1. The third-order valence-corrected chi connectivity index (χ3v) is 3.37. The Morgan fingerprint density at radius 2 is 1.88 bits per heavy atom. The molecule has 0 aromatic heterocycles. The zero-order valence-corrected chi connectivity index (χ0v) is 14.3. The summed E-state index contributed by atoms with van der Waals surface area (Å²) in [5.41, 5.74) is 0.581. The lowest BCUT2D eigenvalue weighted by Gasteiger charge is -2.14. The maximum atomic E-state index is 12.4. The Hall–Kier alpha value is -2.54.